The van der Waals surface area contributed by atoms with Gasteiger partial charge in [0.25, 0.3) is 0 Å². The Labute approximate surface area is 138 Å². The van der Waals surface area contributed by atoms with Crippen LogP contribution in [0, 0.1) is 11.3 Å². The summed E-state index contributed by atoms with van der Waals surface area (Å²) in [7, 11) is 0. The first kappa shape index (κ1) is 16.3. The van der Waals surface area contributed by atoms with Gasteiger partial charge in [0.15, 0.2) is 5.78 Å². The van der Waals surface area contributed by atoms with Gasteiger partial charge in [0.05, 0.1) is 0 Å². The molecule has 2 atom stereocenters. The molecule has 3 heteroatoms. The summed E-state index contributed by atoms with van der Waals surface area (Å²) in [6, 6.07) is 5.54. The highest BCUT2D eigenvalue weighted by Gasteiger charge is 2.48. The first-order valence-corrected chi connectivity index (χ1v) is 8.71. The normalized spacial score (nSPS) is 26.4. The van der Waals surface area contributed by atoms with Crippen LogP contribution in [-0.2, 0) is 11.2 Å². The predicted octanol–water partition coefficient (Wildman–Crippen LogP) is 3.87. The smallest absolute Gasteiger partial charge is 0.162 e. The van der Waals surface area contributed by atoms with Gasteiger partial charge in [-0.2, -0.15) is 0 Å². The van der Waals surface area contributed by atoms with E-state index in [-0.39, 0.29) is 23.7 Å². The van der Waals surface area contributed by atoms with Crippen molar-refractivity contribution in [2.24, 2.45) is 11.3 Å². The number of benzene rings is 1. The van der Waals surface area contributed by atoms with E-state index < -0.39 is 0 Å². The van der Waals surface area contributed by atoms with Gasteiger partial charge in [0.2, 0.25) is 0 Å². The highest BCUT2D eigenvalue weighted by molar-refractivity contribution is 6.07. The van der Waals surface area contributed by atoms with Crippen molar-refractivity contribution in [3.8, 4) is 5.75 Å². The number of carbonyl (C=O) groups excluding carboxylic acids is 1. The molecule has 0 amide bonds. The topological polar surface area (TPSA) is 57.5 Å². The maximum Gasteiger partial charge on any atom is 0.162 e. The van der Waals surface area contributed by atoms with Crippen LogP contribution in [0.4, 0.5) is 0 Å². The second-order valence-electron chi connectivity index (χ2n) is 7.18. The molecule has 0 heterocycles. The fraction of sp³-hybridized carbons (Fsp3) is 0.550. The van der Waals surface area contributed by atoms with Crippen molar-refractivity contribution in [2.45, 2.75) is 52.4 Å². The number of fused-ring (bicyclic) bond motifs is 3. The average molecular weight is 314 g/mol. The Bertz CT molecular complexity index is 659. The van der Waals surface area contributed by atoms with Gasteiger partial charge in [-0.3, -0.25) is 4.79 Å². The van der Waals surface area contributed by atoms with Gasteiger partial charge in [-0.1, -0.05) is 25.8 Å². The van der Waals surface area contributed by atoms with Crippen LogP contribution in [0.25, 0.3) is 5.57 Å². The standard InChI is InChI=1S/C20H26O3/c1-3-4-8-20-11-14(7-9-21)19(23)13(2)18(20)17-6-5-16(22)10-15(17)12-20/h5-6,10,14,21-22H,3-4,7-9,11-12H2,1-2H3. The lowest BCUT2D eigenvalue weighted by atomic mass is 9.63. The number of aromatic hydroxyl groups is 1. The van der Waals surface area contributed by atoms with Crippen LogP contribution in [0.3, 0.4) is 0 Å². The molecule has 1 aromatic rings. The van der Waals surface area contributed by atoms with E-state index in [0.717, 1.165) is 48.8 Å². The lowest BCUT2D eigenvalue weighted by molar-refractivity contribution is -0.121. The minimum atomic E-state index is -0.0662. The van der Waals surface area contributed by atoms with E-state index in [1.807, 2.05) is 19.1 Å². The third-order valence-corrected chi connectivity index (χ3v) is 5.66. The van der Waals surface area contributed by atoms with Crippen LogP contribution in [0.2, 0.25) is 0 Å². The molecule has 0 spiro atoms. The molecule has 0 saturated carbocycles. The summed E-state index contributed by atoms with van der Waals surface area (Å²) < 4.78 is 0. The van der Waals surface area contributed by atoms with Gasteiger partial charge < -0.3 is 10.2 Å². The first-order chi connectivity index (χ1) is 11.0. The monoisotopic (exact) mass is 314 g/mol. The number of aliphatic hydroxyl groups is 1. The van der Waals surface area contributed by atoms with Crippen LogP contribution in [0.1, 0.15) is 57.1 Å². The maximum absolute atomic E-state index is 12.7. The maximum atomic E-state index is 12.7. The number of rotatable bonds is 5. The van der Waals surface area contributed by atoms with Gasteiger partial charge in [-0.25, -0.2) is 0 Å². The molecule has 2 aliphatic rings. The number of unbranched alkanes of at least 4 members (excludes halogenated alkanes) is 1. The van der Waals surface area contributed by atoms with E-state index in [1.54, 1.807) is 6.07 Å². The zero-order valence-electron chi connectivity index (χ0n) is 14.1. The van der Waals surface area contributed by atoms with Crippen LogP contribution in [-0.4, -0.2) is 22.6 Å². The molecule has 1 aromatic carbocycles. The third kappa shape index (κ3) is 2.61. The first-order valence-electron chi connectivity index (χ1n) is 8.71. The Balaban J connectivity index is 2.11. The number of Topliss-reactive ketones (excluding diaryl/α,β-unsaturated/α-hetero) is 1. The molecular formula is C20H26O3. The minimum Gasteiger partial charge on any atom is -0.508 e. The van der Waals surface area contributed by atoms with Crippen LogP contribution in [0.5, 0.6) is 5.75 Å². The van der Waals surface area contributed by atoms with Gasteiger partial charge in [-0.05, 0) is 67.0 Å². The molecule has 2 aliphatic carbocycles. The van der Waals surface area contributed by atoms with Crippen molar-refractivity contribution in [3.05, 3.63) is 34.9 Å². The fourth-order valence-electron chi connectivity index (χ4n) is 4.70. The summed E-state index contributed by atoms with van der Waals surface area (Å²) in [6.45, 7) is 4.21. The Morgan fingerprint density at radius 2 is 2.13 bits per heavy atom. The molecule has 0 aromatic heterocycles. The molecule has 124 valence electrons. The summed E-state index contributed by atoms with van der Waals surface area (Å²) in [5, 5.41) is 19.2. The van der Waals surface area contributed by atoms with Gasteiger partial charge in [0.1, 0.15) is 5.75 Å². The third-order valence-electron chi connectivity index (χ3n) is 5.66. The Morgan fingerprint density at radius 3 is 2.83 bits per heavy atom. The number of carbonyl (C=O) groups is 1. The second-order valence-corrected chi connectivity index (χ2v) is 7.18. The molecule has 2 N–H and O–H groups in total. The molecule has 2 unspecified atom stereocenters. The zero-order valence-corrected chi connectivity index (χ0v) is 14.1. The molecule has 0 fully saturated rings. The predicted molar refractivity (Wildman–Crippen MR) is 91.2 cm³/mol. The van der Waals surface area contributed by atoms with E-state index in [0.29, 0.717) is 12.2 Å². The van der Waals surface area contributed by atoms with Gasteiger partial charge >= 0.3 is 0 Å². The van der Waals surface area contributed by atoms with Gasteiger partial charge in [-0.15, -0.1) is 0 Å². The van der Waals surface area contributed by atoms with Crippen LogP contribution >= 0.6 is 0 Å². The van der Waals surface area contributed by atoms with Crippen molar-refractivity contribution in [1.29, 1.82) is 0 Å². The second kappa shape index (κ2) is 6.12. The Kier molecular flexibility index (Phi) is 4.33. The van der Waals surface area contributed by atoms with Crippen molar-refractivity contribution in [3.63, 3.8) is 0 Å². The van der Waals surface area contributed by atoms with E-state index in [2.05, 4.69) is 6.92 Å². The number of phenolic OH excluding ortho intramolecular Hbond substituents is 1. The lowest BCUT2D eigenvalue weighted by Crippen LogP contribution is -2.35. The number of hydrogen-bond acceptors (Lipinski definition) is 3. The number of phenols is 1. The Morgan fingerprint density at radius 1 is 1.35 bits per heavy atom. The SMILES string of the molecule is CCCCC12Cc3cc(O)ccc3C1=C(C)C(=O)C(CCO)C2. The number of ketones is 1. The van der Waals surface area contributed by atoms with Crippen LogP contribution < -0.4 is 0 Å². The zero-order chi connectivity index (χ0) is 16.6. The van der Waals surface area contributed by atoms with E-state index in [9.17, 15) is 15.0 Å². The molecule has 0 aliphatic heterocycles. The molecule has 3 nitrogen and oxygen atoms in total. The van der Waals surface area contributed by atoms with E-state index >= 15 is 0 Å². The minimum absolute atomic E-state index is 0.00394. The number of allylic oxidation sites excluding steroid dienone is 2. The van der Waals surface area contributed by atoms with Crippen molar-refractivity contribution < 1.29 is 15.0 Å². The van der Waals surface area contributed by atoms with Crippen molar-refractivity contribution >= 4 is 11.4 Å². The highest BCUT2D eigenvalue weighted by Crippen LogP contribution is 2.58. The molecule has 23 heavy (non-hydrogen) atoms. The summed E-state index contributed by atoms with van der Waals surface area (Å²) >= 11 is 0. The highest BCUT2D eigenvalue weighted by atomic mass is 16.3. The summed E-state index contributed by atoms with van der Waals surface area (Å²) in [5.74, 6) is 0.426. The molecule has 0 saturated heterocycles. The van der Waals surface area contributed by atoms with Gasteiger partial charge in [0, 0.05) is 17.9 Å². The fourth-order valence-corrected chi connectivity index (χ4v) is 4.70. The largest absolute Gasteiger partial charge is 0.508 e. The number of aliphatic hydroxyl groups excluding tert-OH is 1. The summed E-state index contributed by atoms with van der Waals surface area (Å²) in [4.78, 5) is 12.7. The lowest BCUT2D eigenvalue weighted by Gasteiger charge is -2.39. The molecule has 3 rings (SSSR count). The van der Waals surface area contributed by atoms with E-state index in [1.165, 1.54) is 5.57 Å². The molecule has 0 radical (unpaired) electrons. The summed E-state index contributed by atoms with van der Waals surface area (Å²) in [6.07, 6.45) is 5.62. The van der Waals surface area contributed by atoms with Crippen LogP contribution in [0.15, 0.2) is 23.8 Å². The summed E-state index contributed by atoms with van der Waals surface area (Å²) in [5.41, 5.74) is 4.39. The average Bonchev–Trinajstić information content (AvgIpc) is 2.84. The van der Waals surface area contributed by atoms with E-state index in [4.69, 9.17) is 0 Å². The molecular weight excluding hydrogens is 288 g/mol. The quantitative estimate of drug-likeness (QED) is 0.867. The Hall–Kier alpha value is -1.61. The molecule has 0 bridgehead atoms. The van der Waals surface area contributed by atoms with Crippen molar-refractivity contribution in [2.75, 3.05) is 6.61 Å². The number of hydrogen-bond donors (Lipinski definition) is 2. The van der Waals surface area contributed by atoms with Crippen molar-refractivity contribution in [1.82, 2.24) is 0 Å².